The van der Waals surface area contributed by atoms with E-state index in [4.69, 9.17) is 0 Å². The first-order valence-electron chi connectivity index (χ1n) is 8.94. The van der Waals surface area contributed by atoms with Crippen LogP contribution in [0.1, 0.15) is 24.0 Å². The van der Waals surface area contributed by atoms with Gasteiger partial charge in [0.25, 0.3) is 0 Å². The molecule has 1 saturated heterocycles. The van der Waals surface area contributed by atoms with Crippen LogP contribution >= 0.6 is 0 Å². The van der Waals surface area contributed by atoms with E-state index in [2.05, 4.69) is 5.32 Å². The Balaban J connectivity index is 1.57. The first-order valence-corrected chi connectivity index (χ1v) is 10.5. The van der Waals surface area contributed by atoms with Crippen LogP contribution in [0.5, 0.6) is 0 Å². The molecule has 144 valence electrons. The number of sulfonamides is 1. The molecule has 0 aliphatic carbocycles. The van der Waals surface area contributed by atoms with E-state index >= 15 is 0 Å². The Hall–Kier alpha value is -2.25. The quantitative estimate of drug-likeness (QED) is 0.852. The number of para-hydroxylation sites is 1. The fourth-order valence-electron chi connectivity index (χ4n) is 3.18. The Morgan fingerprint density at radius 3 is 2.37 bits per heavy atom. The molecule has 0 aromatic heterocycles. The average molecular weight is 390 g/mol. The van der Waals surface area contributed by atoms with E-state index in [9.17, 15) is 17.6 Å². The second kappa shape index (κ2) is 8.19. The summed E-state index contributed by atoms with van der Waals surface area (Å²) in [5, 5.41) is 2.60. The van der Waals surface area contributed by atoms with Gasteiger partial charge >= 0.3 is 0 Å². The number of benzene rings is 2. The number of halogens is 1. The Bertz CT molecular complexity index is 905. The third-order valence-corrected chi connectivity index (χ3v) is 6.67. The third-order valence-electron chi connectivity index (χ3n) is 4.82. The molecule has 1 fully saturated rings. The summed E-state index contributed by atoms with van der Waals surface area (Å²) >= 11 is 0. The number of rotatable bonds is 5. The van der Waals surface area contributed by atoms with Crippen LogP contribution in [0, 0.1) is 18.7 Å². The molecule has 3 rings (SSSR count). The molecule has 7 heteroatoms. The van der Waals surface area contributed by atoms with E-state index in [-0.39, 0.29) is 23.3 Å². The van der Waals surface area contributed by atoms with Gasteiger partial charge in [-0.1, -0.05) is 42.0 Å². The number of amides is 1. The number of hydrogen-bond acceptors (Lipinski definition) is 3. The van der Waals surface area contributed by atoms with Crippen molar-refractivity contribution in [3.63, 3.8) is 0 Å². The molecule has 0 unspecified atom stereocenters. The predicted molar refractivity (Wildman–Crippen MR) is 103 cm³/mol. The van der Waals surface area contributed by atoms with Crippen molar-refractivity contribution in [2.45, 2.75) is 25.5 Å². The minimum absolute atomic E-state index is 0.0423. The number of piperidine rings is 1. The van der Waals surface area contributed by atoms with Gasteiger partial charge in [-0.25, -0.2) is 17.1 Å². The number of anilines is 1. The van der Waals surface area contributed by atoms with Crippen LogP contribution in [0.25, 0.3) is 0 Å². The van der Waals surface area contributed by atoms with Crippen LogP contribution < -0.4 is 5.32 Å². The van der Waals surface area contributed by atoms with Gasteiger partial charge in [-0.2, -0.15) is 0 Å². The normalized spacial score (nSPS) is 16.2. The lowest BCUT2D eigenvalue weighted by Crippen LogP contribution is -2.41. The Labute approximate surface area is 159 Å². The number of carbonyl (C=O) groups is 1. The topological polar surface area (TPSA) is 66.5 Å². The number of hydrogen-bond donors (Lipinski definition) is 1. The Morgan fingerprint density at radius 1 is 1.11 bits per heavy atom. The van der Waals surface area contributed by atoms with E-state index in [0.29, 0.717) is 25.9 Å². The van der Waals surface area contributed by atoms with Crippen LogP contribution in [0.2, 0.25) is 0 Å². The summed E-state index contributed by atoms with van der Waals surface area (Å²) < 4.78 is 40.4. The molecule has 5 nitrogen and oxygen atoms in total. The monoisotopic (exact) mass is 390 g/mol. The fourth-order valence-corrected chi connectivity index (χ4v) is 4.74. The molecule has 27 heavy (non-hydrogen) atoms. The number of carbonyl (C=O) groups excluding carboxylic acids is 1. The lowest BCUT2D eigenvalue weighted by Gasteiger charge is -2.30. The number of nitrogens with one attached hydrogen (secondary N) is 1. The van der Waals surface area contributed by atoms with Crippen molar-refractivity contribution >= 4 is 21.6 Å². The lowest BCUT2D eigenvalue weighted by atomic mass is 9.97. The first-order chi connectivity index (χ1) is 12.8. The van der Waals surface area contributed by atoms with Gasteiger partial charge in [0.15, 0.2) is 0 Å². The van der Waals surface area contributed by atoms with Gasteiger partial charge in [0.05, 0.1) is 11.4 Å². The molecule has 2 aromatic rings. The Morgan fingerprint density at radius 2 is 1.74 bits per heavy atom. The zero-order chi connectivity index (χ0) is 19.4. The molecular formula is C20H23FN2O3S. The standard InChI is InChI=1S/C20H23FN2O3S/c1-15-6-8-16(9-7-15)14-27(25,26)23-12-10-17(11-13-23)20(24)22-19-5-3-2-4-18(19)21/h2-9,17H,10-14H2,1H3,(H,22,24). The number of nitrogens with zero attached hydrogens (tertiary/aromatic N) is 1. The fraction of sp³-hybridized carbons (Fsp3) is 0.350. The highest BCUT2D eigenvalue weighted by Crippen LogP contribution is 2.24. The largest absolute Gasteiger partial charge is 0.323 e. The van der Waals surface area contributed by atoms with Gasteiger partial charge in [-0.05, 0) is 37.5 Å². The van der Waals surface area contributed by atoms with Crippen molar-refractivity contribution in [2.24, 2.45) is 5.92 Å². The molecule has 0 radical (unpaired) electrons. The van der Waals surface area contributed by atoms with Crippen molar-refractivity contribution in [3.8, 4) is 0 Å². The van der Waals surface area contributed by atoms with Crippen molar-refractivity contribution in [1.29, 1.82) is 0 Å². The molecule has 2 aromatic carbocycles. The van der Waals surface area contributed by atoms with Crippen LogP contribution in [-0.4, -0.2) is 31.7 Å². The maximum absolute atomic E-state index is 13.7. The summed E-state index contributed by atoms with van der Waals surface area (Å²) in [6, 6.07) is 13.4. The maximum atomic E-state index is 13.7. The van der Waals surface area contributed by atoms with Gasteiger partial charge in [0.2, 0.25) is 15.9 Å². The minimum atomic E-state index is -3.42. The average Bonchev–Trinajstić information content (AvgIpc) is 2.65. The highest BCUT2D eigenvalue weighted by atomic mass is 32.2. The van der Waals surface area contributed by atoms with Gasteiger partial charge in [-0.15, -0.1) is 0 Å². The van der Waals surface area contributed by atoms with E-state index in [1.807, 2.05) is 31.2 Å². The van der Waals surface area contributed by atoms with E-state index < -0.39 is 15.8 Å². The molecule has 1 N–H and O–H groups in total. The zero-order valence-electron chi connectivity index (χ0n) is 15.2. The van der Waals surface area contributed by atoms with Crippen molar-refractivity contribution in [3.05, 3.63) is 65.5 Å². The first kappa shape index (κ1) is 19.5. The van der Waals surface area contributed by atoms with Crippen LogP contribution in [0.15, 0.2) is 48.5 Å². The summed E-state index contributed by atoms with van der Waals surface area (Å²) in [5.74, 6) is -1.12. The molecule has 1 aliphatic heterocycles. The van der Waals surface area contributed by atoms with Gasteiger partial charge < -0.3 is 5.32 Å². The SMILES string of the molecule is Cc1ccc(CS(=O)(=O)N2CCC(C(=O)Nc3ccccc3F)CC2)cc1. The molecule has 0 spiro atoms. The highest BCUT2D eigenvalue weighted by molar-refractivity contribution is 7.88. The minimum Gasteiger partial charge on any atom is -0.323 e. The lowest BCUT2D eigenvalue weighted by molar-refractivity contribution is -0.120. The summed E-state index contributed by atoms with van der Waals surface area (Å²) in [5.41, 5.74) is 1.98. The molecule has 1 aliphatic rings. The van der Waals surface area contributed by atoms with Crippen molar-refractivity contribution < 1.29 is 17.6 Å². The van der Waals surface area contributed by atoms with Crippen LogP contribution in [-0.2, 0) is 20.6 Å². The van der Waals surface area contributed by atoms with E-state index in [1.165, 1.54) is 16.4 Å². The third kappa shape index (κ3) is 4.93. The summed E-state index contributed by atoms with van der Waals surface area (Å²) in [6.07, 6.45) is 0.848. The second-order valence-corrected chi connectivity index (χ2v) is 8.85. The van der Waals surface area contributed by atoms with E-state index in [1.54, 1.807) is 12.1 Å². The molecule has 1 heterocycles. The zero-order valence-corrected chi connectivity index (χ0v) is 16.0. The molecule has 0 saturated carbocycles. The predicted octanol–water partition coefficient (Wildman–Crippen LogP) is 3.31. The van der Waals surface area contributed by atoms with Gasteiger partial charge in [0, 0.05) is 19.0 Å². The summed E-state index contributed by atoms with van der Waals surface area (Å²) in [7, 11) is -3.42. The van der Waals surface area contributed by atoms with Crippen LogP contribution in [0.4, 0.5) is 10.1 Å². The van der Waals surface area contributed by atoms with Gasteiger partial charge in [-0.3, -0.25) is 4.79 Å². The second-order valence-electron chi connectivity index (χ2n) is 6.88. The smallest absolute Gasteiger partial charge is 0.227 e. The van der Waals surface area contributed by atoms with Crippen LogP contribution in [0.3, 0.4) is 0 Å². The molecule has 0 atom stereocenters. The number of aryl methyl sites for hydroxylation is 1. The Kier molecular flexibility index (Phi) is 5.92. The van der Waals surface area contributed by atoms with Gasteiger partial charge in [0.1, 0.15) is 5.82 Å². The van der Waals surface area contributed by atoms with Crippen molar-refractivity contribution in [2.75, 3.05) is 18.4 Å². The molecular weight excluding hydrogens is 367 g/mol. The highest BCUT2D eigenvalue weighted by Gasteiger charge is 2.31. The van der Waals surface area contributed by atoms with E-state index in [0.717, 1.165) is 11.1 Å². The molecule has 0 bridgehead atoms. The summed E-state index contributed by atoms with van der Waals surface area (Å²) in [6.45, 7) is 2.54. The summed E-state index contributed by atoms with van der Waals surface area (Å²) in [4.78, 5) is 12.4. The van der Waals surface area contributed by atoms with Crippen molar-refractivity contribution in [1.82, 2.24) is 4.31 Å². The molecule has 1 amide bonds. The maximum Gasteiger partial charge on any atom is 0.227 e.